The molecule has 0 spiro atoms. The highest BCUT2D eigenvalue weighted by Gasteiger charge is 2.13. The minimum Gasteiger partial charge on any atom is -0.287 e. The molecular formula is C10H5F2NOS. The molecule has 0 radical (unpaired) electrons. The molecule has 2 rings (SSSR count). The van der Waals surface area contributed by atoms with Crippen LogP contribution in [0.25, 0.3) is 0 Å². The van der Waals surface area contributed by atoms with Crippen LogP contribution in [0.3, 0.4) is 0 Å². The molecule has 0 N–H and O–H groups in total. The topological polar surface area (TPSA) is 30.0 Å². The van der Waals surface area contributed by atoms with Crippen molar-refractivity contribution >= 4 is 17.1 Å². The predicted molar refractivity (Wildman–Crippen MR) is 51.9 cm³/mol. The number of thiazole rings is 1. The highest BCUT2D eigenvalue weighted by atomic mass is 32.1. The van der Waals surface area contributed by atoms with Crippen molar-refractivity contribution in [2.45, 2.75) is 0 Å². The minimum absolute atomic E-state index is 0.0293. The molecule has 1 heterocycles. The second kappa shape index (κ2) is 3.86. The van der Waals surface area contributed by atoms with Crippen LogP contribution in [0.5, 0.6) is 0 Å². The van der Waals surface area contributed by atoms with Gasteiger partial charge in [0.2, 0.25) is 5.78 Å². The molecule has 0 fully saturated rings. The van der Waals surface area contributed by atoms with Crippen LogP contribution in [-0.2, 0) is 0 Å². The number of aromatic nitrogens is 1. The van der Waals surface area contributed by atoms with Gasteiger partial charge < -0.3 is 0 Å². The number of hydrogen-bond acceptors (Lipinski definition) is 3. The Bertz CT molecular complexity index is 476. The molecule has 0 saturated carbocycles. The maximum absolute atomic E-state index is 12.8. The van der Waals surface area contributed by atoms with Gasteiger partial charge >= 0.3 is 0 Å². The summed E-state index contributed by atoms with van der Waals surface area (Å²) < 4.78 is 25.6. The number of carbonyl (C=O) groups excluding carboxylic acids is 1. The summed E-state index contributed by atoms with van der Waals surface area (Å²) in [4.78, 5) is 15.4. The minimum atomic E-state index is -0.770. The van der Waals surface area contributed by atoms with Gasteiger partial charge in [0.1, 0.15) is 17.3 Å². The number of nitrogens with zero attached hydrogens (tertiary/aromatic N) is 1. The zero-order valence-electron chi connectivity index (χ0n) is 7.41. The van der Waals surface area contributed by atoms with Crippen molar-refractivity contribution in [1.29, 1.82) is 0 Å². The van der Waals surface area contributed by atoms with Crippen molar-refractivity contribution in [1.82, 2.24) is 4.98 Å². The lowest BCUT2D eigenvalue weighted by atomic mass is 10.1. The molecule has 0 aliphatic heterocycles. The Kier molecular flexibility index (Phi) is 2.55. The van der Waals surface area contributed by atoms with E-state index in [1.165, 1.54) is 22.2 Å². The number of benzene rings is 1. The second-order valence-electron chi connectivity index (χ2n) is 2.86. The van der Waals surface area contributed by atoms with Crippen LogP contribution < -0.4 is 0 Å². The van der Waals surface area contributed by atoms with Crippen molar-refractivity contribution in [3.8, 4) is 0 Å². The maximum atomic E-state index is 12.8. The largest absolute Gasteiger partial charge is 0.287 e. The number of halogens is 2. The molecule has 1 aromatic heterocycles. The summed E-state index contributed by atoms with van der Waals surface area (Å²) in [6.07, 6.45) is 0. The fraction of sp³-hybridized carbons (Fsp3) is 0. The quantitative estimate of drug-likeness (QED) is 0.735. The van der Waals surface area contributed by atoms with Crippen molar-refractivity contribution < 1.29 is 13.6 Å². The van der Waals surface area contributed by atoms with Gasteiger partial charge in [-0.15, -0.1) is 11.3 Å². The van der Waals surface area contributed by atoms with E-state index in [1.807, 2.05) is 0 Å². The van der Waals surface area contributed by atoms with Gasteiger partial charge in [0, 0.05) is 17.0 Å². The first kappa shape index (κ1) is 9.92. The van der Waals surface area contributed by atoms with E-state index in [1.54, 1.807) is 0 Å². The highest BCUT2D eigenvalue weighted by Crippen LogP contribution is 2.13. The second-order valence-corrected chi connectivity index (χ2v) is 3.58. The molecule has 15 heavy (non-hydrogen) atoms. The molecule has 0 saturated heterocycles. The monoisotopic (exact) mass is 225 g/mol. The van der Waals surface area contributed by atoms with Crippen molar-refractivity contribution in [3.05, 3.63) is 52.0 Å². The van der Waals surface area contributed by atoms with Gasteiger partial charge in [0.15, 0.2) is 0 Å². The zero-order valence-corrected chi connectivity index (χ0v) is 8.22. The predicted octanol–water partition coefficient (Wildman–Crippen LogP) is 2.65. The van der Waals surface area contributed by atoms with Crippen molar-refractivity contribution in [3.63, 3.8) is 0 Å². The first-order valence-corrected chi connectivity index (χ1v) is 5.00. The van der Waals surface area contributed by atoms with Crippen LogP contribution in [0.2, 0.25) is 0 Å². The van der Waals surface area contributed by atoms with Crippen LogP contribution in [-0.4, -0.2) is 10.8 Å². The Morgan fingerprint density at radius 1 is 1.20 bits per heavy atom. The van der Waals surface area contributed by atoms with Gasteiger partial charge in [-0.25, -0.2) is 13.8 Å². The molecule has 0 unspecified atom stereocenters. The fourth-order valence-electron chi connectivity index (χ4n) is 1.16. The number of ketones is 1. The van der Waals surface area contributed by atoms with Gasteiger partial charge in [0.25, 0.3) is 0 Å². The summed E-state index contributed by atoms with van der Waals surface area (Å²) in [5.41, 5.74) is 1.66. The Morgan fingerprint density at radius 3 is 2.40 bits per heavy atom. The number of rotatable bonds is 2. The summed E-state index contributed by atoms with van der Waals surface area (Å²) in [5.74, 6) is -2.02. The van der Waals surface area contributed by atoms with Crippen LogP contribution in [0, 0.1) is 11.6 Å². The molecular weight excluding hydrogens is 220 g/mol. The Hall–Kier alpha value is -1.62. The zero-order chi connectivity index (χ0) is 10.8. The summed E-state index contributed by atoms with van der Waals surface area (Å²) in [6.45, 7) is 0. The van der Waals surface area contributed by atoms with E-state index in [9.17, 15) is 13.6 Å². The third-order valence-electron chi connectivity index (χ3n) is 1.79. The summed E-state index contributed by atoms with van der Waals surface area (Å²) in [5, 5.41) is 1.53. The molecule has 5 heteroatoms. The third kappa shape index (κ3) is 2.07. The van der Waals surface area contributed by atoms with Gasteiger partial charge in [-0.3, -0.25) is 4.79 Å². The van der Waals surface area contributed by atoms with Gasteiger partial charge in [0.05, 0.1) is 5.51 Å². The van der Waals surface area contributed by atoms with E-state index < -0.39 is 17.4 Å². The average Bonchev–Trinajstić information content (AvgIpc) is 2.67. The average molecular weight is 225 g/mol. The fourth-order valence-corrected chi connectivity index (χ4v) is 1.69. The standard InChI is InChI=1S/C10H5F2NOS/c11-7-1-6(2-8(12)3-7)10(14)9-4-15-5-13-9/h1-5H. The Balaban J connectivity index is 2.42. The lowest BCUT2D eigenvalue weighted by Gasteiger charge is -1.98. The van der Waals surface area contributed by atoms with Gasteiger partial charge in [-0.1, -0.05) is 0 Å². The molecule has 0 atom stereocenters. The lowest BCUT2D eigenvalue weighted by Crippen LogP contribution is -2.02. The summed E-state index contributed by atoms with van der Waals surface area (Å²) >= 11 is 1.25. The van der Waals surface area contributed by atoms with E-state index in [4.69, 9.17) is 0 Å². The van der Waals surface area contributed by atoms with Crippen LogP contribution in [0.1, 0.15) is 16.1 Å². The molecule has 0 amide bonds. The smallest absolute Gasteiger partial charge is 0.212 e. The molecule has 0 aliphatic rings. The van der Waals surface area contributed by atoms with Crippen LogP contribution >= 0.6 is 11.3 Å². The molecule has 0 aliphatic carbocycles. The Morgan fingerprint density at radius 2 is 1.87 bits per heavy atom. The van der Waals surface area contributed by atoms with Crippen LogP contribution in [0.4, 0.5) is 8.78 Å². The third-order valence-corrected chi connectivity index (χ3v) is 2.38. The molecule has 0 bridgehead atoms. The SMILES string of the molecule is O=C(c1cc(F)cc(F)c1)c1cscn1. The van der Waals surface area contributed by atoms with E-state index in [0.29, 0.717) is 0 Å². The molecule has 1 aromatic carbocycles. The van der Waals surface area contributed by atoms with Gasteiger partial charge in [-0.05, 0) is 12.1 Å². The van der Waals surface area contributed by atoms with E-state index >= 15 is 0 Å². The molecule has 76 valence electrons. The van der Waals surface area contributed by atoms with Gasteiger partial charge in [-0.2, -0.15) is 0 Å². The van der Waals surface area contributed by atoms with E-state index in [0.717, 1.165) is 18.2 Å². The lowest BCUT2D eigenvalue weighted by molar-refractivity contribution is 0.103. The normalized spacial score (nSPS) is 10.3. The maximum Gasteiger partial charge on any atom is 0.212 e. The summed E-state index contributed by atoms with van der Waals surface area (Å²) in [6, 6.07) is 2.70. The molecule has 2 nitrogen and oxygen atoms in total. The van der Waals surface area contributed by atoms with E-state index in [-0.39, 0.29) is 11.3 Å². The highest BCUT2D eigenvalue weighted by molar-refractivity contribution is 7.07. The first-order valence-electron chi connectivity index (χ1n) is 4.06. The molecule has 2 aromatic rings. The first-order chi connectivity index (χ1) is 7.16. The van der Waals surface area contributed by atoms with E-state index in [2.05, 4.69) is 4.98 Å². The van der Waals surface area contributed by atoms with Crippen molar-refractivity contribution in [2.24, 2.45) is 0 Å². The van der Waals surface area contributed by atoms with Crippen LogP contribution in [0.15, 0.2) is 29.1 Å². The number of carbonyl (C=O) groups is 1. The van der Waals surface area contributed by atoms with Crippen molar-refractivity contribution in [2.75, 3.05) is 0 Å². The number of hydrogen-bond donors (Lipinski definition) is 0. The summed E-state index contributed by atoms with van der Waals surface area (Å²) in [7, 11) is 0. The Labute approximate surface area is 88.2 Å².